The molecule has 5 heteroatoms. The summed E-state index contributed by atoms with van der Waals surface area (Å²) in [5, 5.41) is 0.678. The van der Waals surface area contributed by atoms with Gasteiger partial charge in [-0.2, -0.15) is 0 Å². The second kappa shape index (κ2) is 3.75. The van der Waals surface area contributed by atoms with E-state index in [1.54, 1.807) is 30.7 Å². The molecule has 84 valence electrons. The van der Waals surface area contributed by atoms with Crippen molar-refractivity contribution >= 4 is 17.2 Å². The van der Waals surface area contributed by atoms with E-state index < -0.39 is 0 Å². The fraction of sp³-hybridized carbons (Fsp3) is 0. The number of aromatic amines is 1. The highest BCUT2D eigenvalue weighted by atomic mass is 35.5. The van der Waals surface area contributed by atoms with Gasteiger partial charge in [-0.15, -0.1) is 0 Å². The summed E-state index contributed by atoms with van der Waals surface area (Å²) in [4.78, 5) is 18.4. The normalized spacial score (nSPS) is 10.9. The van der Waals surface area contributed by atoms with Crippen LogP contribution in [-0.4, -0.2) is 14.4 Å². The van der Waals surface area contributed by atoms with Gasteiger partial charge in [0, 0.05) is 29.2 Å². The summed E-state index contributed by atoms with van der Waals surface area (Å²) in [7, 11) is 0. The van der Waals surface area contributed by atoms with Crippen molar-refractivity contribution < 1.29 is 0 Å². The van der Waals surface area contributed by atoms with Crippen molar-refractivity contribution in [2.75, 3.05) is 0 Å². The van der Waals surface area contributed by atoms with E-state index in [1.807, 2.05) is 12.1 Å². The molecule has 2 aromatic heterocycles. The fourth-order valence-electron chi connectivity index (χ4n) is 1.78. The summed E-state index contributed by atoms with van der Waals surface area (Å²) in [5.74, 6) is 0. The lowest BCUT2D eigenvalue weighted by Crippen LogP contribution is -2.15. The first-order valence-corrected chi connectivity index (χ1v) is 5.44. The van der Waals surface area contributed by atoms with Crippen molar-refractivity contribution in [1.82, 2.24) is 14.4 Å². The zero-order valence-corrected chi connectivity index (χ0v) is 9.48. The minimum atomic E-state index is -0.199. The molecule has 17 heavy (non-hydrogen) atoms. The van der Waals surface area contributed by atoms with E-state index in [0.717, 1.165) is 11.1 Å². The maximum absolute atomic E-state index is 11.5. The molecule has 0 unspecified atom stereocenters. The van der Waals surface area contributed by atoms with Crippen LogP contribution in [0.1, 0.15) is 0 Å². The van der Waals surface area contributed by atoms with Crippen LogP contribution in [0, 0.1) is 0 Å². The van der Waals surface area contributed by atoms with Crippen molar-refractivity contribution in [2.45, 2.75) is 0 Å². The van der Waals surface area contributed by atoms with Crippen LogP contribution in [0.15, 0.2) is 47.7 Å². The van der Waals surface area contributed by atoms with Crippen LogP contribution in [0.4, 0.5) is 0 Å². The molecule has 4 nitrogen and oxygen atoms in total. The number of benzene rings is 1. The number of nitrogens with one attached hydrogen (secondary N) is 1. The Morgan fingerprint density at radius 2 is 2.00 bits per heavy atom. The Kier molecular flexibility index (Phi) is 2.23. The van der Waals surface area contributed by atoms with Crippen molar-refractivity contribution in [3.8, 4) is 11.1 Å². The molecule has 0 saturated carbocycles. The lowest BCUT2D eigenvalue weighted by Gasteiger charge is -2.03. The first-order valence-electron chi connectivity index (χ1n) is 5.06. The Balaban J connectivity index is 2.31. The number of halogens is 1. The Morgan fingerprint density at radius 1 is 1.24 bits per heavy atom. The van der Waals surface area contributed by atoms with Gasteiger partial charge >= 0.3 is 5.69 Å². The minimum absolute atomic E-state index is 0.199. The van der Waals surface area contributed by atoms with E-state index >= 15 is 0 Å². The Labute approximate surface area is 102 Å². The molecule has 0 saturated heterocycles. The number of rotatable bonds is 1. The molecule has 0 aliphatic heterocycles. The second-order valence-electron chi connectivity index (χ2n) is 3.64. The predicted molar refractivity (Wildman–Crippen MR) is 66.3 cm³/mol. The molecule has 2 heterocycles. The lowest BCUT2D eigenvalue weighted by atomic mass is 10.1. The van der Waals surface area contributed by atoms with Crippen molar-refractivity contribution in [1.29, 1.82) is 0 Å². The summed E-state index contributed by atoms with van der Waals surface area (Å²) < 4.78 is 1.48. The van der Waals surface area contributed by atoms with Gasteiger partial charge in [-0.25, -0.2) is 9.78 Å². The molecule has 0 atom stereocenters. The molecule has 0 aliphatic carbocycles. The van der Waals surface area contributed by atoms with E-state index in [-0.39, 0.29) is 5.69 Å². The molecular formula is C12H8ClN3O. The average molecular weight is 246 g/mol. The van der Waals surface area contributed by atoms with E-state index in [9.17, 15) is 4.79 Å². The molecule has 1 N–H and O–H groups in total. The van der Waals surface area contributed by atoms with Gasteiger partial charge in [0.2, 0.25) is 0 Å². The van der Waals surface area contributed by atoms with Gasteiger partial charge in [-0.1, -0.05) is 23.7 Å². The van der Waals surface area contributed by atoms with Crippen LogP contribution in [-0.2, 0) is 0 Å². The lowest BCUT2D eigenvalue weighted by molar-refractivity contribution is 1.01. The molecule has 3 aromatic rings. The summed E-state index contributed by atoms with van der Waals surface area (Å²) in [5.41, 5.74) is 2.26. The highest BCUT2D eigenvalue weighted by molar-refractivity contribution is 6.30. The van der Waals surface area contributed by atoms with Gasteiger partial charge in [-0.3, -0.25) is 4.40 Å². The molecule has 3 rings (SSSR count). The summed E-state index contributed by atoms with van der Waals surface area (Å²) in [6.45, 7) is 0. The van der Waals surface area contributed by atoms with Crippen LogP contribution < -0.4 is 5.69 Å². The highest BCUT2D eigenvalue weighted by Crippen LogP contribution is 2.23. The summed E-state index contributed by atoms with van der Waals surface area (Å²) in [6, 6.07) is 7.40. The SMILES string of the molecule is O=c1[nH]cc(-c2ccc(Cl)cc2)c2nccn12. The summed E-state index contributed by atoms with van der Waals surface area (Å²) in [6.07, 6.45) is 4.89. The Morgan fingerprint density at radius 3 is 2.76 bits per heavy atom. The third kappa shape index (κ3) is 1.62. The van der Waals surface area contributed by atoms with E-state index in [1.165, 1.54) is 4.40 Å². The zero-order chi connectivity index (χ0) is 11.8. The van der Waals surface area contributed by atoms with Gasteiger partial charge in [0.15, 0.2) is 0 Å². The minimum Gasteiger partial charge on any atom is -0.313 e. The smallest absolute Gasteiger partial charge is 0.313 e. The van der Waals surface area contributed by atoms with Crippen molar-refractivity contribution in [2.24, 2.45) is 0 Å². The molecule has 0 amide bonds. The summed E-state index contributed by atoms with van der Waals surface area (Å²) >= 11 is 5.84. The van der Waals surface area contributed by atoms with Crippen LogP contribution in [0.25, 0.3) is 16.8 Å². The van der Waals surface area contributed by atoms with Gasteiger partial charge in [0.25, 0.3) is 0 Å². The standard InChI is InChI=1S/C12H8ClN3O/c13-9-3-1-8(2-4-9)10-7-15-12(17)16-6-5-14-11(10)16/h1-7H,(H,15,17). The molecule has 0 radical (unpaired) electrons. The van der Waals surface area contributed by atoms with Crippen LogP contribution in [0.2, 0.25) is 5.02 Å². The average Bonchev–Trinajstić information content (AvgIpc) is 2.81. The first kappa shape index (κ1) is 10.1. The number of imidazole rings is 1. The maximum Gasteiger partial charge on any atom is 0.331 e. The Hall–Kier alpha value is -2.07. The molecule has 0 spiro atoms. The highest BCUT2D eigenvalue weighted by Gasteiger charge is 2.07. The second-order valence-corrected chi connectivity index (χ2v) is 4.07. The molecule has 0 fully saturated rings. The molecule has 0 aliphatic rings. The van der Waals surface area contributed by atoms with Crippen LogP contribution >= 0.6 is 11.6 Å². The number of aromatic nitrogens is 3. The Bertz CT molecular complexity index is 727. The number of hydrogen-bond donors (Lipinski definition) is 1. The monoisotopic (exact) mass is 245 g/mol. The first-order chi connectivity index (χ1) is 8.25. The van der Waals surface area contributed by atoms with E-state index in [4.69, 9.17) is 11.6 Å². The third-order valence-corrected chi connectivity index (χ3v) is 2.85. The molecule has 0 bridgehead atoms. The predicted octanol–water partition coefficient (Wildman–Crippen LogP) is 2.34. The van der Waals surface area contributed by atoms with Crippen molar-refractivity contribution in [3.63, 3.8) is 0 Å². The topological polar surface area (TPSA) is 50.2 Å². The number of nitrogens with zero attached hydrogens (tertiary/aromatic N) is 2. The fourth-order valence-corrected chi connectivity index (χ4v) is 1.90. The molecule has 1 aromatic carbocycles. The van der Waals surface area contributed by atoms with E-state index in [2.05, 4.69) is 9.97 Å². The quantitative estimate of drug-likeness (QED) is 0.715. The van der Waals surface area contributed by atoms with Gasteiger partial charge in [-0.05, 0) is 17.7 Å². The number of H-pyrrole nitrogens is 1. The van der Waals surface area contributed by atoms with Crippen LogP contribution in [0.5, 0.6) is 0 Å². The molecular weight excluding hydrogens is 238 g/mol. The zero-order valence-electron chi connectivity index (χ0n) is 8.72. The van der Waals surface area contributed by atoms with Gasteiger partial charge in [0.1, 0.15) is 5.65 Å². The van der Waals surface area contributed by atoms with Crippen LogP contribution in [0.3, 0.4) is 0 Å². The van der Waals surface area contributed by atoms with Gasteiger partial charge in [0.05, 0.1) is 0 Å². The van der Waals surface area contributed by atoms with Crippen molar-refractivity contribution in [3.05, 3.63) is 58.4 Å². The third-order valence-electron chi connectivity index (χ3n) is 2.60. The number of fused-ring (bicyclic) bond motifs is 1. The van der Waals surface area contributed by atoms with E-state index in [0.29, 0.717) is 10.7 Å². The largest absolute Gasteiger partial charge is 0.331 e. The van der Waals surface area contributed by atoms with Gasteiger partial charge < -0.3 is 4.98 Å². The maximum atomic E-state index is 11.5. The number of hydrogen-bond acceptors (Lipinski definition) is 2.